The topological polar surface area (TPSA) is 42.0 Å². The lowest BCUT2D eigenvalue weighted by Gasteiger charge is -2.38. The van der Waals surface area contributed by atoms with Gasteiger partial charge in [0.2, 0.25) is 0 Å². The van der Waals surface area contributed by atoms with Crippen molar-refractivity contribution < 1.29 is 14.3 Å². The molecule has 26 heavy (non-hydrogen) atoms. The van der Waals surface area contributed by atoms with Gasteiger partial charge in [-0.2, -0.15) is 0 Å². The normalized spacial score (nSPS) is 26.3. The van der Waals surface area contributed by atoms with Crippen LogP contribution < -0.4 is 0 Å². The molecule has 5 nitrogen and oxygen atoms in total. The van der Waals surface area contributed by atoms with E-state index in [0.29, 0.717) is 6.10 Å². The number of morpholine rings is 1. The van der Waals surface area contributed by atoms with E-state index in [-0.39, 0.29) is 11.3 Å². The highest BCUT2D eigenvalue weighted by atomic mass is 16.5. The van der Waals surface area contributed by atoms with Gasteiger partial charge in [0.1, 0.15) is 0 Å². The van der Waals surface area contributed by atoms with Gasteiger partial charge in [-0.3, -0.25) is 9.69 Å². The van der Waals surface area contributed by atoms with E-state index >= 15 is 0 Å². The van der Waals surface area contributed by atoms with Crippen molar-refractivity contribution >= 4 is 5.91 Å². The molecule has 142 valence electrons. The monoisotopic (exact) mass is 358 g/mol. The Morgan fingerprint density at radius 2 is 1.81 bits per heavy atom. The number of carbonyl (C=O) groups excluding carboxylic acids is 1. The Labute approximate surface area is 156 Å². The molecule has 3 fully saturated rings. The zero-order valence-corrected chi connectivity index (χ0v) is 15.8. The molecule has 1 spiro atoms. The Morgan fingerprint density at radius 3 is 2.50 bits per heavy atom. The number of carbonyl (C=O) groups is 1. The highest BCUT2D eigenvalue weighted by molar-refractivity contribution is 5.94. The lowest BCUT2D eigenvalue weighted by molar-refractivity contribution is 0.00524. The molecular formula is C21H30N2O3. The van der Waals surface area contributed by atoms with Crippen molar-refractivity contribution in [2.24, 2.45) is 5.41 Å². The molecule has 5 heteroatoms. The minimum absolute atomic E-state index is 0.170. The molecule has 0 bridgehead atoms. The molecule has 3 aliphatic heterocycles. The van der Waals surface area contributed by atoms with Crippen LogP contribution in [-0.4, -0.2) is 74.4 Å². The van der Waals surface area contributed by atoms with Crippen LogP contribution in [0.15, 0.2) is 24.3 Å². The van der Waals surface area contributed by atoms with Crippen molar-refractivity contribution in [3.63, 3.8) is 0 Å². The summed E-state index contributed by atoms with van der Waals surface area (Å²) in [4.78, 5) is 17.2. The maximum absolute atomic E-state index is 12.7. The third-order valence-corrected chi connectivity index (χ3v) is 6.26. The van der Waals surface area contributed by atoms with Crippen molar-refractivity contribution in [1.29, 1.82) is 0 Å². The van der Waals surface area contributed by atoms with E-state index in [1.54, 1.807) is 0 Å². The number of nitrogens with zero attached hydrogens (tertiary/aromatic N) is 2. The minimum atomic E-state index is 0.170. The van der Waals surface area contributed by atoms with Crippen molar-refractivity contribution in [3.8, 4) is 0 Å². The second-order valence-electron chi connectivity index (χ2n) is 8.21. The molecular weight excluding hydrogens is 328 g/mol. The van der Waals surface area contributed by atoms with Crippen LogP contribution in [0.25, 0.3) is 0 Å². The Hall–Kier alpha value is -1.43. The van der Waals surface area contributed by atoms with Gasteiger partial charge in [-0.15, -0.1) is 0 Å². The molecule has 0 N–H and O–H groups in total. The first-order valence-electron chi connectivity index (χ1n) is 9.91. The molecule has 3 heterocycles. The average molecular weight is 358 g/mol. The van der Waals surface area contributed by atoms with Crippen LogP contribution in [-0.2, 0) is 9.47 Å². The standard InChI is InChI=1S/C21H30N2O3/c1-17-2-4-18(5-3-17)20(24)23-8-6-21(7-9-23)14-19(26-16-21)15-22-10-12-25-13-11-22/h2-5,19H,6-16H2,1H3. The summed E-state index contributed by atoms with van der Waals surface area (Å²) in [5, 5.41) is 0. The third-order valence-electron chi connectivity index (χ3n) is 6.26. The quantitative estimate of drug-likeness (QED) is 0.832. The maximum atomic E-state index is 12.7. The number of rotatable bonds is 3. The average Bonchev–Trinajstić information content (AvgIpc) is 3.05. The van der Waals surface area contributed by atoms with E-state index in [2.05, 4.69) is 4.90 Å². The van der Waals surface area contributed by atoms with Crippen LogP contribution in [0.4, 0.5) is 0 Å². The Bertz CT molecular complexity index is 617. The lowest BCUT2D eigenvalue weighted by Crippen LogP contribution is -2.44. The molecule has 0 saturated carbocycles. The number of benzene rings is 1. The van der Waals surface area contributed by atoms with Gasteiger partial charge < -0.3 is 14.4 Å². The molecule has 4 rings (SSSR count). The molecule has 0 radical (unpaired) electrons. The lowest BCUT2D eigenvalue weighted by atomic mass is 9.76. The summed E-state index contributed by atoms with van der Waals surface area (Å²) in [5.74, 6) is 0.170. The Kier molecular flexibility index (Phi) is 5.30. The number of ether oxygens (including phenoxy) is 2. The molecule has 1 aromatic rings. The van der Waals surface area contributed by atoms with E-state index in [1.807, 2.05) is 36.1 Å². The smallest absolute Gasteiger partial charge is 0.253 e. The maximum Gasteiger partial charge on any atom is 0.253 e. The van der Waals surface area contributed by atoms with E-state index < -0.39 is 0 Å². The van der Waals surface area contributed by atoms with Gasteiger partial charge in [0.25, 0.3) is 5.91 Å². The van der Waals surface area contributed by atoms with Crippen LogP contribution >= 0.6 is 0 Å². The van der Waals surface area contributed by atoms with E-state index in [1.165, 1.54) is 5.56 Å². The predicted molar refractivity (Wildman–Crippen MR) is 100 cm³/mol. The van der Waals surface area contributed by atoms with Gasteiger partial charge in [0.15, 0.2) is 0 Å². The molecule has 1 atom stereocenters. The molecule has 3 saturated heterocycles. The van der Waals surface area contributed by atoms with E-state index in [4.69, 9.17) is 9.47 Å². The first-order valence-corrected chi connectivity index (χ1v) is 9.91. The minimum Gasteiger partial charge on any atom is -0.379 e. The van der Waals surface area contributed by atoms with Gasteiger partial charge in [0, 0.05) is 38.3 Å². The van der Waals surface area contributed by atoms with Gasteiger partial charge >= 0.3 is 0 Å². The largest absolute Gasteiger partial charge is 0.379 e. The second kappa shape index (κ2) is 7.67. The Balaban J connectivity index is 1.29. The summed E-state index contributed by atoms with van der Waals surface area (Å²) in [6.07, 6.45) is 3.60. The first kappa shape index (κ1) is 18.0. The summed E-state index contributed by atoms with van der Waals surface area (Å²) >= 11 is 0. The SMILES string of the molecule is Cc1ccc(C(=O)N2CCC3(CC2)COC(CN2CCOCC2)C3)cc1. The highest BCUT2D eigenvalue weighted by Gasteiger charge is 2.43. The van der Waals surface area contributed by atoms with Crippen LogP contribution in [0.3, 0.4) is 0 Å². The van der Waals surface area contributed by atoms with Crippen LogP contribution in [0.1, 0.15) is 35.2 Å². The van der Waals surface area contributed by atoms with Gasteiger partial charge in [-0.05, 0) is 43.7 Å². The number of likely N-dealkylation sites (tertiary alicyclic amines) is 1. The summed E-state index contributed by atoms with van der Waals surface area (Å²) in [6, 6.07) is 7.91. The molecule has 1 amide bonds. The molecule has 0 aliphatic carbocycles. The summed E-state index contributed by atoms with van der Waals surface area (Å²) in [6.45, 7) is 9.35. The number of hydrogen-bond donors (Lipinski definition) is 0. The fraction of sp³-hybridized carbons (Fsp3) is 0.667. The van der Waals surface area contributed by atoms with Crippen LogP contribution in [0.5, 0.6) is 0 Å². The number of aryl methyl sites for hydroxylation is 1. The summed E-state index contributed by atoms with van der Waals surface area (Å²) in [7, 11) is 0. The van der Waals surface area contributed by atoms with Crippen molar-refractivity contribution in [3.05, 3.63) is 35.4 Å². The van der Waals surface area contributed by atoms with E-state index in [0.717, 1.165) is 77.4 Å². The molecule has 1 aromatic carbocycles. The van der Waals surface area contributed by atoms with E-state index in [9.17, 15) is 4.79 Å². The summed E-state index contributed by atoms with van der Waals surface area (Å²) < 4.78 is 11.6. The fourth-order valence-electron chi connectivity index (χ4n) is 4.50. The number of piperidine rings is 1. The van der Waals surface area contributed by atoms with Crippen molar-refractivity contribution in [2.45, 2.75) is 32.3 Å². The predicted octanol–water partition coefficient (Wildman–Crippen LogP) is 2.34. The van der Waals surface area contributed by atoms with Crippen molar-refractivity contribution in [1.82, 2.24) is 9.80 Å². The molecule has 0 aromatic heterocycles. The zero-order chi connectivity index (χ0) is 18.0. The van der Waals surface area contributed by atoms with Crippen LogP contribution in [0, 0.1) is 12.3 Å². The van der Waals surface area contributed by atoms with Crippen molar-refractivity contribution in [2.75, 3.05) is 52.5 Å². The third kappa shape index (κ3) is 3.95. The fourth-order valence-corrected chi connectivity index (χ4v) is 4.50. The first-order chi connectivity index (χ1) is 12.6. The molecule has 3 aliphatic rings. The Morgan fingerprint density at radius 1 is 1.12 bits per heavy atom. The molecule has 1 unspecified atom stereocenters. The van der Waals surface area contributed by atoms with Gasteiger partial charge in [0.05, 0.1) is 25.9 Å². The van der Waals surface area contributed by atoms with Gasteiger partial charge in [-0.1, -0.05) is 17.7 Å². The van der Waals surface area contributed by atoms with Crippen LogP contribution in [0.2, 0.25) is 0 Å². The number of hydrogen-bond acceptors (Lipinski definition) is 4. The summed E-state index contributed by atoms with van der Waals surface area (Å²) in [5.41, 5.74) is 2.27. The second-order valence-corrected chi connectivity index (χ2v) is 8.21. The van der Waals surface area contributed by atoms with Gasteiger partial charge in [-0.25, -0.2) is 0 Å². The highest BCUT2D eigenvalue weighted by Crippen LogP contribution is 2.42. The zero-order valence-electron chi connectivity index (χ0n) is 15.8. The number of amides is 1.